The van der Waals surface area contributed by atoms with Crippen LogP contribution in [-0.4, -0.2) is 0 Å². The minimum absolute atomic E-state index is 1.23. The number of rotatable bonds is 3. The Balaban J connectivity index is 1.62. The predicted octanol–water partition coefficient (Wildman–Crippen LogP) is 8.34. The van der Waals surface area contributed by atoms with Crippen molar-refractivity contribution in [2.24, 2.45) is 0 Å². The van der Waals surface area contributed by atoms with Gasteiger partial charge >= 0.3 is 0 Å². The molecule has 1 aliphatic rings. The van der Waals surface area contributed by atoms with E-state index in [1.807, 2.05) is 0 Å². The highest BCUT2D eigenvalue weighted by molar-refractivity contribution is 6.13. The van der Waals surface area contributed by atoms with Crippen molar-refractivity contribution >= 4 is 11.1 Å². The van der Waals surface area contributed by atoms with E-state index in [-0.39, 0.29) is 0 Å². The molecule has 0 N–H and O–H groups in total. The van der Waals surface area contributed by atoms with E-state index in [1.165, 1.54) is 55.7 Å². The van der Waals surface area contributed by atoms with Crippen molar-refractivity contribution in [1.29, 1.82) is 0 Å². The molecule has 0 saturated carbocycles. The van der Waals surface area contributed by atoms with E-state index in [1.54, 1.807) is 0 Å². The smallest absolute Gasteiger partial charge is 0.00143 e. The molecule has 6 rings (SSSR count). The maximum atomic E-state index is 2.27. The Kier molecular flexibility index (Phi) is 4.55. The van der Waals surface area contributed by atoms with E-state index in [0.29, 0.717) is 0 Å². The van der Waals surface area contributed by atoms with Gasteiger partial charge in [0.25, 0.3) is 0 Å². The lowest BCUT2D eigenvalue weighted by Gasteiger charge is -2.16. The molecule has 0 unspecified atom stereocenters. The van der Waals surface area contributed by atoms with Crippen molar-refractivity contribution in [3.63, 3.8) is 0 Å². The lowest BCUT2D eigenvalue weighted by atomic mass is 9.88. The zero-order valence-corrected chi connectivity index (χ0v) is 17.7. The van der Waals surface area contributed by atoms with E-state index >= 15 is 0 Å². The summed E-state index contributed by atoms with van der Waals surface area (Å²) < 4.78 is 0. The Morgan fingerprint density at radius 2 is 0.719 bits per heavy atom. The number of benzene rings is 5. The normalized spacial score (nSPS) is 11.7. The zero-order chi connectivity index (χ0) is 21.3. The molecule has 32 heavy (non-hydrogen) atoms. The Hall–Kier alpha value is -4.16. The molecule has 0 radical (unpaired) electrons. The first-order valence-electron chi connectivity index (χ1n) is 11.0. The average Bonchev–Trinajstić information content (AvgIpc) is 3.20. The molecule has 1 aliphatic carbocycles. The van der Waals surface area contributed by atoms with Crippen molar-refractivity contribution in [1.82, 2.24) is 0 Å². The molecule has 0 aliphatic heterocycles. The fourth-order valence-corrected chi connectivity index (χ4v) is 4.81. The van der Waals surface area contributed by atoms with Crippen LogP contribution in [0.4, 0.5) is 0 Å². The number of hydrogen-bond donors (Lipinski definition) is 0. The summed E-state index contributed by atoms with van der Waals surface area (Å²) in [5.41, 5.74) is 12.8. The second kappa shape index (κ2) is 7.83. The molecule has 0 spiro atoms. The largest absolute Gasteiger partial charge is 0.0622 e. The maximum Gasteiger partial charge on any atom is -0.00143 e. The first kappa shape index (κ1) is 18.6. The van der Waals surface area contributed by atoms with E-state index in [9.17, 15) is 0 Å². The van der Waals surface area contributed by atoms with E-state index in [2.05, 4.69) is 133 Å². The minimum Gasteiger partial charge on any atom is -0.0622 e. The second-order valence-electron chi connectivity index (χ2n) is 8.15. The molecule has 0 heteroatoms. The van der Waals surface area contributed by atoms with E-state index in [0.717, 1.165) is 0 Å². The number of fused-ring (bicyclic) bond motifs is 3. The van der Waals surface area contributed by atoms with Crippen LogP contribution in [0.3, 0.4) is 0 Å². The third-order valence-electron chi connectivity index (χ3n) is 6.28. The zero-order valence-electron chi connectivity index (χ0n) is 17.7. The molecular formula is C32H22. The van der Waals surface area contributed by atoms with Gasteiger partial charge in [0.05, 0.1) is 0 Å². The molecule has 0 saturated heterocycles. The van der Waals surface area contributed by atoms with Crippen LogP contribution in [0.25, 0.3) is 33.4 Å². The summed E-state index contributed by atoms with van der Waals surface area (Å²) in [7, 11) is 0. The Morgan fingerprint density at radius 3 is 1.28 bits per heavy atom. The Labute approximate surface area is 189 Å². The topological polar surface area (TPSA) is 0 Å². The molecular weight excluding hydrogens is 384 g/mol. The molecule has 5 aromatic carbocycles. The van der Waals surface area contributed by atoms with Gasteiger partial charge in [-0.05, 0) is 55.7 Å². The van der Waals surface area contributed by atoms with Crippen LogP contribution in [0.5, 0.6) is 0 Å². The summed E-state index contributed by atoms with van der Waals surface area (Å²) in [5.74, 6) is 0. The van der Waals surface area contributed by atoms with Crippen LogP contribution in [0.2, 0.25) is 0 Å². The van der Waals surface area contributed by atoms with Gasteiger partial charge in [0.2, 0.25) is 0 Å². The van der Waals surface area contributed by atoms with Gasteiger partial charge < -0.3 is 0 Å². The molecule has 0 heterocycles. The highest BCUT2D eigenvalue weighted by atomic mass is 14.3. The van der Waals surface area contributed by atoms with Crippen LogP contribution in [0, 0.1) is 0 Å². The Bertz CT molecular complexity index is 1380. The van der Waals surface area contributed by atoms with E-state index in [4.69, 9.17) is 0 Å². The molecule has 0 nitrogen and oxygen atoms in total. The van der Waals surface area contributed by atoms with Gasteiger partial charge in [0, 0.05) is 0 Å². The van der Waals surface area contributed by atoms with Gasteiger partial charge in [-0.15, -0.1) is 0 Å². The monoisotopic (exact) mass is 406 g/mol. The molecule has 0 fully saturated rings. The summed E-state index contributed by atoms with van der Waals surface area (Å²) in [6.45, 7) is 0. The summed E-state index contributed by atoms with van der Waals surface area (Å²) >= 11 is 0. The van der Waals surface area contributed by atoms with Gasteiger partial charge in [-0.2, -0.15) is 0 Å². The fraction of sp³-hybridized carbons (Fsp3) is 0. The predicted molar refractivity (Wildman–Crippen MR) is 135 cm³/mol. The van der Waals surface area contributed by atoms with Crippen molar-refractivity contribution in [2.45, 2.75) is 0 Å². The van der Waals surface area contributed by atoms with Crippen molar-refractivity contribution < 1.29 is 0 Å². The quantitative estimate of drug-likeness (QED) is 0.277. The number of hydrogen-bond acceptors (Lipinski definition) is 0. The molecule has 0 atom stereocenters. The average molecular weight is 407 g/mol. The van der Waals surface area contributed by atoms with Gasteiger partial charge in [-0.3, -0.25) is 0 Å². The minimum atomic E-state index is 1.23. The van der Waals surface area contributed by atoms with Gasteiger partial charge in [-0.25, -0.2) is 0 Å². The van der Waals surface area contributed by atoms with Gasteiger partial charge in [0.1, 0.15) is 0 Å². The molecule has 0 amide bonds. The summed E-state index contributed by atoms with van der Waals surface area (Å²) in [4.78, 5) is 0. The lowest BCUT2D eigenvalue weighted by molar-refractivity contribution is 1.53. The third kappa shape index (κ3) is 3.09. The van der Waals surface area contributed by atoms with Crippen LogP contribution >= 0.6 is 0 Å². The van der Waals surface area contributed by atoms with Crippen molar-refractivity contribution in [2.75, 3.05) is 0 Å². The highest BCUT2D eigenvalue weighted by Gasteiger charge is 2.26. The maximum absolute atomic E-state index is 2.27. The summed E-state index contributed by atoms with van der Waals surface area (Å²) in [6, 6.07) is 47.9. The van der Waals surface area contributed by atoms with Crippen LogP contribution < -0.4 is 0 Å². The van der Waals surface area contributed by atoms with Gasteiger partial charge in [-0.1, -0.05) is 133 Å². The van der Waals surface area contributed by atoms with Gasteiger partial charge in [0.15, 0.2) is 0 Å². The highest BCUT2D eigenvalue weighted by Crippen LogP contribution is 2.48. The summed E-state index contributed by atoms with van der Waals surface area (Å²) in [6.07, 6.45) is 0. The lowest BCUT2D eigenvalue weighted by Crippen LogP contribution is -1.94. The second-order valence-corrected chi connectivity index (χ2v) is 8.15. The first-order valence-corrected chi connectivity index (χ1v) is 11.0. The fourth-order valence-electron chi connectivity index (χ4n) is 4.81. The SMILES string of the molecule is c1ccc(C(=C2c3ccccc3-c3ccccc32)c2ccc(-c3ccccc3)cc2)cc1. The van der Waals surface area contributed by atoms with E-state index < -0.39 is 0 Å². The standard InChI is InChI=1S/C32H22/c1-3-11-23(12-4-1)24-19-21-26(22-20-24)31(25-13-5-2-6-14-25)32-29-17-9-7-15-27(29)28-16-8-10-18-30(28)32/h1-22H. The molecule has 0 bridgehead atoms. The molecule has 0 aromatic heterocycles. The summed E-state index contributed by atoms with van der Waals surface area (Å²) in [5, 5.41) is 0. The van der Waals surface area contributed by atoms with Crippen LogP contribution in [0.15, 0.2) is 133 Å². The van der Waals surface area contributed by atoms with Crippen molar-refractivity contribution in [3.8, 4) is 22.3 Å². The van der Waals surface area contributed by atoms with Crippen LogP contribution in [0.1, 0.15) is 22.3 Å². The molecule has 150 valence electrons. The van der Waals surface area contributed by atoms with Crippen LogP contribution in [-0.2, 0) is 0 Å². The van der Waals surface area contributed by atoms with Crippen molar-refractivity contribution in [3.05, 3.63) is 156 Å². The Morgan fingerprint density at radius 1 is 0.312 bits per heavy atom. The molecule has 5 aromatic rings. The third-order valence-corrected chi connectivity index (χ3v) is 6.28. The first-order chi connectivity index (χ1) is 15.9.